The second-order valence-electron chi connectivity index (χ2n) is 8.89. The van der Waals surface area contributed by atoms with Crippen molar-refractivity contribution in [3.05, 3.63) is 101 Å². The van der Waals surface area contributed by atoms with Gasteiger partial charge >= 0.3 is 5.97 Å². The highest BCUT2D eigenvalue weighted by Crippen LogP contribution is 2.22. The highest BCUT2D eigenvalue weighted by atomic mass is 35.5. The van der Waals surface area contributed by atoms with Gasteiger partial charge in [-0.2, -0.15) is 9.78 Å². The van der Waals surface area contributed by atoms with Crippen LogP contribution in [-0.4, -0.2) is 62.0 Å². The molecule has 0 bridgehead atoms. The first-order valence-electron chi connectivity index (χ1n) is 12.4. The molecule has 1 amide bonds. The van der Waals surface area contributed by atoms with Crippen LogP contribution in [0.25, 0.3) is 22.7 Å². The Kier molecular flexibility index (Phi) is 8.12. The Morgan fingerprint density at radius 3 is 2.75 bits per heavy atom. The van der Waals surface area contributed by atoms with E-state index in [1.807, 2.05) is 48.5 Å². The lowest BCUT2D eigenvalue weighted by molar-refractivity contribution is -0.117. The minimum Gasteiger partial charge on any atom is -0.464 e. The number of nitrogens with one attached hydrogen (secondary N) is 3. The molecule has 40 heavy (non-hydrogen) atoms. The molecule has 5 rings (SSSR count). The van der Waals surface area contributed by atoms with Gasteiger partial charge in [-0.1, -0.05) is 41.9 Å². The highest BCUT2D eigenvalue weighted by molar-refractivity contribution is 6.30. The summed E-state index contributed by atoms with van der Waals surface area (Å²) < 4.78 is 6.33. The minimum absolute atomic E-state index is 0.211. The van der Waals surface area contributed by atoms with Crippen LogP contribution in [0.4, 0.5) is 5.69 Å². The number of benzene rings is 3. The molecule has 12 heteroatoms. The maximum atomic E-state index is 13.0. The van der Waals surface area contributed by atoms with E-state index >= 15 is 0 Å². The average Bonchev–Trinajstić information content (AvgIpc) is 3.65. The topological polar surface area (TPSA) is 140 Å². The lowest BCUT2D eigenvalue weighted by Crippen LogP contribution is -2.40. The molecule has 3 N–H and O–H groups in total. The fraction of sp³-hybridized carbons (Fsp3) is 0.143. The maximum Gasteiger partial charge on any atom is 0.359 e. The summed E-state index contributed by atoms with van der Waals surface area (Å²) in [5.74, 6) is -0.795. The van der Waals surface area contributed by atoms with Gasteiger partial charge in [-0.25, -0.2) is 4.79 Å². The number of H-pyrrole nitrogens is 1. The molecule has 11 nitrogen and oxygen atoms in total. The van der Waals surface area contributed by atoms with Gasteiger partial charge in [0.05, 0.1) is 24.4 Å². The monoisotopic (exact) mass is 556 g/mol. The number of ether oxygens (including phenoxy) is 1. The molecule has 0 radical (unpaired) electrons. The van der Waals surface area contributed by atoms with Crippen LogP contribution in [-0.2, 0) is 16.0 Å². The first kappa shape index (κ1) is 26.6. The third kappa shape index (κ3) is 6.33. The van der Waals surface area contributed by atoms with Crippen molar-refractivity contribution in [3.8, 4) is 5.69 Å². The molecule has 202 valence electrons. The van der Waals surface area contributed by atoms with Crippen LogP contribution in [0.1, 0.15) is 21.6 Å². The van der Waals surface area contributed by atoms with Crippen molar-refractivity contribution in [1.29, 1.82) is 0 Å². The SMILES string of the molecule is COC(=O)c1n[nH]c2ccc(NCC(Cc3ccccc3)NC(=O)C=Cc3cc(Cl)ccc3-n3cnnn3)cc12. The second kappa shape index (κ2) is 12.2. The number of halogens is 1. The molecule has 0 saturated heterocycles. The molecule has 0 aliphatic rings. The van der Waals surface area contributed by atoms with Gasteiger partial charge < -0.3 is 15.4 Å². The molecular weight excluding hydrogens is 532 g/mol. The number of nitrogens with zero attached hydrogens (tertiary/aromatic N) is 5. The second-order valence-corrected chi connectivity index (χ2v) is 9.33. The molecular formula is C28H25ClN8O3. The van der Waals surface area contributed by atoms with Crippen LogP contribution in [0.5, 0.6) is 0 Å². The van der Waals surface area contributed by atoms with Crippen molar-refractivity contribution < 1.29 is 14.3 Å². The Bertz CT molecular complexity index is 1650. The minimum atomic E-state index is -0.521. The Morgan fingerprint density at radius 1 is 1.12 bits per heavy atom. The van der Waals surface area contributed by atoms with E-state index in [0.717, 1.165) is 11.3 Å². The van der Waals surface area contributed by atoms with Crippen LogP contribution in [0.3, 0.4) is 0 Å². The molecule has 0 aliphatic carbocycles. The largest absolute Gasteiger partial charge is 0.464 e. The zero-order valence-corrected chi connectivity index (χ0v) is 22.2. The van der Waals surface area contributed by atoms with E-state index in [9.17, 15) is 9.59 Å². The third-order valence-corrected chi connectivity index (χ3v) is 6.40. The molecule has 1 atom stereocenters. The Labute approximate surface area is 234 Å². The van der Waals surface area contributed by atoms with Gasteiger partial charge in [-0.05, 0) is 64.9 Å². The summed E-state index contributed by atoms with van der Waals surface area (Å²) in [7, 11) is 1.31. The van der Waals surface area contributed by atoms with E-state index in [2.05, 4.69) is 36.4 Å². The normalized spacial score (nSPS) is 11.9. The van der Waals surface area contributed by atoms with E-state index in [-0.39, 0.29) is 17.6 Å². The van der Waals surface area contributed by atoms with Gasteiger partial charge in [0.2, 0.25) is 5.91 Å². The van der Waals surface area contributed by atoms with E-state index in [1.165, 1.54) is 24.2 Å². The molecule has 3 aromatic carbocycles. The predicted octanol–water partition coefficient (Wildman–Crippen LogP) is 3.83. The van der Waals surface area contributed by atoms with Crippen molar-refractivity contribution in [2.24, 2.45) is 0 Å². The summed E-state index contributed by atoms with van der Waals surface area (Å²) in [4.78, 5) is 25.1. The number of carbonyl (C=O) groups excluding carboxylic acids is 2. The first-order valence-corrected chi connectivity index (χ1v) is 12.7. The molecule has 0 fully saturated rings. The summed E-state index contributed by atoms with van der Waals surface area (Å²) in [6.45, 7) is 0.429. The van der Waals surface area contributed by atoms with Crippen LogP contribution in [0.15, 0.2) is 79.1 Å². The zero-order chi connectivity index (χ0) is 27.9. The Morgan fingerprint density at radius 2 is 1.98 bits per heavy atom. The average molecular weight is 557 g/mol. The van der Waals surface area contributed by atoms with Crippen LogP contribution in [0, 0.1) is 0 Å². The van der Waals surface area contributed by atoms with Crippen molar-refractivity contribution in [2.75, 3.05) is 19.0 Å². The summed E-state index contributed by atoms with van der Waals surface area (Å²) >= 11 is 6.20. The van der Waals surface area contributed by atoms with Gasteiger partial charge in [-0.15, -0.1) is 5.10 Å². The maximum absolute atomic E-state index is 13.0. The summed E-state index contributed by atoms with van der Waals surface area (Å²) in [5.41, 5.74) is 4.14. The van der Waals surface area contributed by atoms with Crippen LogP contribution < -0.4 is 10.6 Å². The van der Waals surface area contributed by atoms with Gasteiger partial charge in [0.15, 0.2) is 5.69 Å². The molecule has 5 aromatic rings. The Hall–Kier alpha value is -5.03. The molecule has 1 unspecified atom stereocenters. The molecule has 0 saturated carbocycles. The van der Waals surface area contributed by atoms with Gasteiger partial charge in [0.1, 0.15) is 6.33 Å². The number of aromatic amines is 1. The van der Waals surface area contributed by atoms with Gasteiger partial charge in [-0.3, -0.25) is 9.89 Å². The lowest BCUT2D eigenvalue weighted by Gasteiger charge is -2.20. The number of esters is 1. The summed E-state index contributed by atoms with van der Waals surface area (Å²) in [5, 5.41) is 25.8. The predicted molar refractivity (Wildman–Crippen MR) is 151 cm³/mol. The van der Waals surface area contributed by atoms with Crippen LogP contribution in [0.2, 0.25) is 5.02 Å². The van der Waals surface area contributed by atoms with Crippen molar-refractivity contribution in [1.82, 2.24) is 35.7 Å². The van der Waals surface area contributed by atoms with E-state index in [0.29, 0.717) is 40.1 Å². The molecule has 2 aromatic heterocycles. The zero-order valence-electron chi connectivity index (χ0n) is 21.4. The van der Waals surface area contributed by atoms with Crippen molar-refractivity contribution in [2.45, 2.75) is 12.5 Å². The number of methoxy groups -OCH3 is 1. The number of fused-ring (bicyclic) bond motifs is 1. The quantitative estimate of drug-likeness (QED) is 0.174. The van der Waals surface area contributed by atoms with Crippen molar-refractivity contribution >= 4 is 46.1 Å². The number of rotatable bonds is 10. The summed E-state index contributed by atoms with van der Waals surface area (Å²) in [6.07, 6.45) is 5.20. The van der Waals surface area contributed by atoms with E-state index < -0.39 is 5.97 Å². The fourth-order valence-electron chi connectivity index (χ4n) is 4.24. The smallest absolute Gasteiger partial charge is 0.359 e. The van der Waals surface area contributed by atoms with Crippen LogP contribution >= 0.6 is 11.6 Å². The summed E-state index contributed by atoms with van der Waals surface area (Å²) in [6, 6.07) is 20.4. The molecule has 0 aliphatic heterocycles. The third-order valence-electron chi connectivity index (χ3n) is 6.17. The van der Waals surface area contributed by atoms with Gasteiger partial charge in [0.25, 0.3) is 0 Å². The number of amides is 1. The lowest BCUT2D eigenvalue weighted by atomic mass is 10.1. The number of tetrazole rings is 1. The first-order chi connectivity index (χ1) is 19.5. The van der Waals surface area contributed by atoms with E-state index in [1.54, 1.807) is 24.3 Å². The number of hydrogen-bond donors (Lipinski definition) is 3. The van der Waals surface area contributed by atoms with Gasteiger partial charge in [0, 0.05) is 34.3 Å². The molecule has 2 heterocycles. The number of anilines is 1. The van der Waals surface area contributed by atoms with Crippen molar-refractivity contribution in [3.63, 3.8) is 0 Å². The number of carbonyl (C=O) groups is 2. The number of hydrogen-bond acceptors (Lipinski definition) is 8. The molecule has 0 spiro atoms. The fourth-order valence-corrected chi connectivity index (χ4v) is 4.42. The van der Waals surface area contributed by atoms with E-state index in [4.69, 9.17) is 16.3 Å². The highest BCUT2D eigenvalue weighted by Gasteiger charge is 2.16. The number of aromatic nitrogens is 6. The Balaban J connectivity index is 1.32. The standard InChI is InChI=1S/C28H25ClN8O3/c1-40-28(39)27-23-15-21(9-10-24(23)33-34-27)30-16-22(13-18-5-3-2-4-6-18)32-26(38)12-7-19-14-20(29)8-11-25(19)37-17-31-35-36-37/h2-12,14-15,17,22,30H,13,16H2,1H3,(H,32,38)(H,33,34).